The molecule has 2 N–H and O–H groups in total. The number of carbonyl (C=O) groups is 1. The number of aromatic nitrogens is 5. The Hall–Kier alpha value is -4.11. The highest BCUT2D eigenvalue weighted by Gasteiger charge is 2.26. The Labute approximate surface area is 207 Å². The molecule has 2 aliphatic rings. The molecule has 0 atom stereocenters. The smallest absolute Gasteiger partial charge is 0.260 e. The molecule has 1 aliphatic carbocycles. The zero-order chi connectivity index (χ0) is 24.6. The molecule has 0 unspecified atom stereocenters. The Kier molecular flexibility index (Phi) is 5.69. The van der Waals surface area contributed by atoms with Crippen molar-refractivity contribution in [2.75, 3.05) is 18.4 Å². The summed E-state index contributed by atoms with van der Waals surface area (Å²) in [6, 6.07) is 7.82. The standard InChI is InChI=1S/C27H27N7O2/c1-33-16-21(14-30-33)26(35)32-25-5-4-20(13-29-25)18-6-8-34(9-7-18)15-17-10-24-23(28-12-17)11-22(19-2-3-19)27(36)31-24/h4-6,10-14,16,19H,2-3,7-9,15H2,1H3,(H,31,36)(H,29,32,35). The van der Waals surface area contributed by atoms with Crippen LogP contribution >= 0.6 is 0 Å². The molecular formula is C27H27N7O2. The minimum absolute atomic E-state index is 0.0192. The molecule has 1 fully saturated rings. The first-order chi connectivity index (χ1) is 17.5. The van der Waals surface area contributed by atoms with Crippen molar-refractivity contribution in [2.45, 2.75) is 31.7 Å². The van der Waals surface area contributed by atoms with E-state index in [-0.39, 0.29) is 11.5 Å². The molecule has 6 rings (SSSR count). The molecule has 9 heteroatoms. The number of amides is 1. The van der Waals surface area contributed by atoms with E-state index in [0.29, 0.717) is 17.3 Å². The van der Waals surface area contributed by atoms with E-state index >= 15 is 0 Å². The van der Waals surface area contributed by atoms with Crippen LogP contribution in [0.1, 0.15) is 52.2 Å². The van der Waals surface area contributed by atoms with E-state index in [0.717, 1.165) is 66.6 Å². The summed E-state index contributed by atoms with van der Waals surface area (Å²) in [6.45, 7) is 2.52. The average molecular weight is 482 g/mol. The molecule has 4 aromatic rings. The van der Waals surface area contributed by atoms with Crippen molar-refractivity contribution >= 4 is 28.3 Å². The molecule has 9 nitrogen and oxygen atoms in total. The number of anilines is 1. The second-order valence-corrected chi connectivity index (χ2v) is 9.61. The number of rotatable bonds is 6. The zero-order valence-electron chi connectivity index (χ0n) is 20.1. The SMILES string of the molecule is Cn1cc(C(=O)Nc2ccc(C3=CCN(Cc4cnc5cc(C6CC6)c(=O)[nH]c5c4)CC3)cn2)cn1. The van der Waals surface area contributed by atoms with E-state index in [1.165, 1.54) is 11.8 Å². The molecule has 1 amide bonds. The molecule has 0 saturated heterocycles. The van der Waals surface area contributed by atoms with Crippen molar-refractivity contribution in [1.29, 1.82) is 0 Å². The molecule has 0 aromatic carbocycles. The number of aryl methyl sites for hydroxylation is 1. The number of carbonyl (C=O) groups excluding carboxylic acids is 1. The third-order valence-electron chi connectivity index (χ3n) is 6.84. The summed E-state index contributed by atoms with van der Waals surface area (Å²) in [6.07, 6.45) is 12.2. The van der Waals surface area contributed by atoms with Gasteiger partial charge in [0.25, 0.3) is 11.5 Å². The second-order valence-electron chi connectivity index (χ2n) is 9.61. The van der Waals surface area contributed by atoms with E-state index < -0.39 is 0 Å². The average Bonchev–Trinajstić information content (AvgIpc) is 3.63. The Morgan fingerprint density at radius 2 is 2.06 bits per heavy atom. The van der Waals surface area contributed by atoms with E-state index in [1.54, 1.807) is 24.1 Å². The highest BCUT2D eigenvalue weighted by molar-refractivity contribution is 6.03. The van der Waals surface area contributed by atoms with Crippen LogP contribution in [0.3, 0.4) is 0 Å². The molecule has 0 radical (unpaired) electrons. The lowest BCUT2D eigenvalue weighted by molar-refractivity contribution is 0.102. The fourth-order valence-corrected chi connectivity index (χ4v) is 4.69. The summed E-state index contributed by atoms with van der Waals surface area (Å²) in [5.74, 6) is 0.689. The topological polar surface area (TPSA) is 109 Å². The van der Waals surface area contributed by atoms with Gasteiger partial charge >= 0.3 is 0 Å². The van der Waals surface area contributed by atoms with Gasteiger partial charge in [0.05, 0.1) is 22.8 Å². The highest BCUT2D eigenvalue weighted by Crippen LogP contribution is 2.38. The maximum Gasteiger partial charge on any atom is 0.260 e. The van der Waals surface area contributed by atoms with Gasteiger partial charge in [0, 0.05) is 50.8 Å². The van der Waals surface area contributed by atoms with E-state index in [2.05, 4.69) is 36.3 Å². The number of hydrogen-bond donors (Lipinski definition) is 2. The molecule has 0 bridgehead atoms. The summed E-state index contributed by atoms with van der Waals surface area (Å²) < 4.78 is 1.59. The van der Waals surface area contributed by atoms with E-state index in [4.69, 9.17) is 0 Å². The van der Waals surface area contributed by atoms with Gasteiger partial charge < -0.3 is 10.3 Å². The summed E-state index contributed by atoms with van der Waals surface area (Å²) in [4.78, 5) is 39.1. The number of H-pyrrole nitrogens is 1. The molecule has 0 spiro atoms. The van der Waals surface area contributed by atoms with Gasteiger partial charge in [-0.1, -0.05) is 6.08 Å². The van der Waals surface area contributed by atoms with Gasteiger partial charge in [-0.3, -0.25) is 24.2 Å². The van der Waals surface area contributed by atoms with Crippen molar-refractivity contribution < 1.29 is 4.79 Å². The fourth-order valence-electron chi connectivity index (χ4n) is 4.69. The Balaban J connectivity index is 1.08. The fraction of sp³-hybridized carbons (Fsp3) is 0.296. The van der Waals surface area contributed by atoms with Gasteiger partial charge in [0.2, 0.25) is 0 Å². The van der Waals surface area contributed by atoms with Crippen LogP contribution in [0.15, 0.2) is 59.9 Å². The van der Waals surface area contributed by atoms with Gasteiger partial charge in [-0.25, -0.2) is 4.98 Å². The molecule has 1 saturated carbocycles. The van der Waals surface area contributed by atoms with Gasteiger partial charge in [-0.05, 0) is 66.1 Å². The van der Waals surface area contributed by atoms with Gasteiger partial charge in [0.15, 0.2) is 0 Å². The lowest BCUT2D eigenvalue weighted by atomic mass is 10.0. The first-order valence-electron chi connectivity index (χ1n) is 12.2. The first-order valence-corrected chi connectivity index (χ1v) is 12.2. The molecular weight excluding hydrogens is 454 g/mol. The highest BCUT2D eigenvalue weighted by atomic mass is 16.1. The summed E-state index contributed by atoms with van der Waals surface area (Å²) in [5.41, 5.74) is 6.44. The molecule has 36 heavy (non-hydrogen) atoms. The first kappa shape index (κ1) is 22.4. The van der Waals surface area contributed by atoms with Crippen LogP contribution in [0, 0.1) is 0 Å². The van der Waals surface area contributed by atoms with Crippen LogP contribution in [-0.2, 0) is 13.6 Å². The van der Waals surface area contributed by atoms with Crippen molar-refractivity contribution in [3.63, 3.8) is 0 Å². The second kappa shape index (κ2) is 9.16. The minimum Gasteiger partial charge on any atom is -0.320 e. The normalized spacial score (nSPS) is 16.2. The number of hydrogen-bond acceptors (Lipinski definition) is 6. The van der Waals surface area contributed by atoms with Crippen molar-refractivity contribution in [3.05, 3.63) is 87.7 Å². The summed E-state index contributed by atoms with van der Waals surface area (Å²) >= 11 is 0. The van der Waals surface area contributed by atoms with Crippen molar-refractivity contribution in [1.82, 2.24) is 29.6 Å². The molecule has 5 heterocycles. The van der Waals surface area contributed by atoms with Crippen molar-refractivity contribution in [3.8, 4) is 0 Å². The third kappa shape index (κ3) is 4.70. The predicted octanol–water partition coefficient (Wildman–Crippen LogP) is 3.47. The van der Waals surface area contributed by atoms with Crippen LogP contribution in [-0.4, -0.2) is 48.6 Å². The number of nitrogens with zero attached hydrogens (tertiary/aromatic N) is 5. The van der Waals surface area contributed by atoms with Crippen LogP contribution < -0.4 is 10.9 Å². The Morgan fingerprint density at radius 3 is 2.75 bits per heavy atom. The quantitative estimate of drug-likeness (QED) is 0.437. The predicted molar refractivity (Wildman–Crippen MR) is 138 cm³/mol. The number of aromatic amines is 1. The lowest BCUT2D eigenvalue weighted by Gasteiger charge is -2.26. The van der Waals surface area contributed by atoms with E-state index in [9.17, 15) is 9.59 Å². The van der Waals surface area contributed by atoms with Gasteiger partial charge in [0.1, 0.15) is 5.82 Å². The third-order valence-corrected chi connectivity index (χ3v) is 6.84. The number of nitrogens with one attached hydrogen (secondary N) is 2. The molecule has 182 valence electrons. The van der Waals surface area contributed by atoms with Gasteiger partial charge in [-0.15, -0.1) is 0 Å². The summed E-state index contributed by atoms with van der Waals surface area (Å²) in [5, 5.41) is 6.83. The maximum absolute atomic E-state index is 12.4. The van der Waals surface area contributed by atoms with Crippen LogP contribution in [0.5, 0.6) is 0 Å². The van der Waals surface area contributed by atoms with Crippen LogP contribution in [0.4, 0.5) is 5.82 Å². The summed E-state index contributed by atoms with van der Waals surface area (Å²) in [7, 11) is 1.77. The zero-order valence-corrected chi connectivity index (χ0v) is 20.1. The number of pyridine rings is 3. The minimum atomic E-state index is -0.230. The lowest BCUT2D eigenvalue weighted by Crippen LogP contribution is -2.28. The largest absolute Gasteiger partial charge is 0.320 e. The Bertz CT molecular complexity index is 1530. The Morgan fingerprint density at radius 1 is 1.17 bits per heavy atom. The monoisotopic (exact) mass is 481 g/mol. The molecule has 4 aromatic heterocycles. The van der Waals surface area contributed by atoms with E-state index in [1.807, 2.05) is 30.5 Å². The molecule has 1 aliphatic heterocycles. The number of fused-ring (bicyclic) bond motifs is 1. The van der Waals surface area contributed by atoms with Crippen molar-refractivity contribution in [2.24, 2.45) is 7.05 Å². The van der Waals surface area contributed by atoms with Crippen LogP contribution in [0.2, 0.25) is 0 Å². The van der Waals surface area contributed by atoms with Gasteiger partial charge in [-0.2, -0.15) is 5.10 Å². The van der Waals surface area contributed by atoms with Crippen LogP contribution in [0.25, 0.3) is 16.6 Å². The maximum atomic E-state index is 12.4.